The molecule has 1 heterocycles. The number of nitrogens with zero attached hydrogens (tertiary/aromatic N) is 1. The van der Waals surface area contributed by atoms with Crippen LogP contribution in [0.4, 0.5) is 0 Å². The van der Waals surface area contributed by atoms with Crippen molar-refractivity contribution in [3.05, 3.63) is 23.2 Å². The fourth-order valence-electron chi connectivity index (χ4n) is 2.25. The Morgan fingerprint density at radius 3 is 2.68 bits per heavy atom. The molecule has 1 aromatic rings. The van der Waals surface area contributed by atoms with Gasteiger partial charge in [0, 0.05) is 32.4 Å². The SMILES string of the molecule is CCNC(=NCC(C)(O)c1cc(C)oc1C)NCCCOC. The average Bonchev–Trinajstić information content (AvgIpc) is 2.80. The Hall–Kier alpha value is -1.53. The van der Waals surface area contributed by atoms with Gasteiger partial charge in [-0.15, -0.1) is 0 Å². The van der Waals surface area contributed by atoms with Crippen LogP contribution in [0.1, 0.15) is 37.4 Å². The second-order valence-corrected chi connectivity index (χ2v) is 5.57. The van der Waals surface area contributed by atoms with Crippen LogP contribution >= 0.6 is 0 Å². The van der Waals surface area contributed by atoms with E-state index in [1.807, 2.05) is 26.8 Å². The van der Waals surface area contributed by atoms with Crippen LogP contribution < -0.4 is 10.6 Å². The molecule has 22 heavy (non-hydrogen) atoms. The highest BCUT2D eigenvalue weighted by molar-refractivity contribution is 5.79. The number of aliphatic imine (C=N–C) groups is 1. The van der Waals surface area contributed by atoms with E-state index >= 15 is 0 Å². The topological polar surface area (TPSA) is 79.0 Å². The molecule has 1 rings (SSSR count). The number of ether oxygens (including phenoxy) is 1. The van der Waals surface area contributed by atoms with E-state index in [2.05, 4.69) is 15.6 Å². The highest BCUT2D eigenvalue weighted by Gasteiger charge is 2.27. The highest BCUT2D eigenvalue weighted by atomic mass is 16.5. The molecule has 1 aromatic heterocycles. The number of hydrogen-bond acceptors (Lipinski definition) is 4. The number of nitrogens with one attached hydrogen (secondary N) is 2. The molecule has 0 aliphatic carbocycles. The molecule has 0 saturated heterocycles. The largest absolute Gasteiger partial charge is 0.466 e. The Bertz CT molecular complexity index is 481. The normalized spacial score (nSPS) is 14.7. The number of aliphatic hydroxyl groups is 1. The Labute approximate surface area is 133 Å². The van der Waals surface area contributed by atoms with Crippen molar-refractivity contribution in [2.45, 2.75) is 39.7 Å². The quantitative estimate of drug-likeness (QED) is 0.387. The maximum absolute atomic E-state index is 10.7. The monoisotopic (exact) mass is 311 g/mol. The Morgan fingerprint density at radius 1 is 1.41 bits per heavy atom. The van der Waals surface area contributed by atoms with E-state index in [0.29, 0.717) is 12.6 Å². The molecule has 0 amide bonds. The molecule has 0 aliphatic heterocycles. The lowest BCUT2D eigenvalue weighted by molar-refractivity contribution is 0.0657. The second kappa shape index (κ2) is 8.80. The molecule has 126 valence electrons. The molecule has 3 N–H and O–H groups in total. The summed E-state index contributed by atoms with van der Waals surface area (Å²) in [5.74, 6) is 2.22. The number of methoxy groups -OCH3 is 1. The number of rotatable bonds is 8. The molecule has 6 nitrogen and oxygen atoms in total. The fraction of sp³-hybridized carbons (Fsp3) is 0.688. The molecule has 1 unspecified atom stereocenters. The van der Waals surface area contributed by atoms with Gasteiger partial charge in [-0.2, -0.15) is 0 Å². The molecular formula is C16H29N3O3. The zero-order valence-corrected chi connectivity index (χ0v) is 14.3. The zero-order valence-electron chi connectivity index (χ0n) is 14.3. The minimum Gasteiger partial charge on any atom is -0.466 e. The minimum atomic E-state index is -1.06. The summed E-state index contributed by atoms with van der Waals surface area (Å²) in [4.78, 5) is 4.47. The van der Waals surface area contributed by atoms with E-state index in [4.69, 9.17) is 9.15 Å². The van der Waals surface area contributed by atoms with Crippen molar-refractivity contribution in [3.63, 3.8) is 0 Å². The predicted octanol–water partition coefficient (Wildman–Crippen LogP) is 1.70. The highest BCUT2D eigenvalue weighted by Crippen LogP contribution is 2.27. The van der Waals surface area contributed by atoms with Crippen molar-refractivity contribution in [3.8, 4) is 0 Å². The van der Waals surface area contributed by atoms with E-state index in [1.165, 1.54) is 0 Å². The van der Waals surface area contributed by atoms with Gasteiger partial charge in [0.05, 0.1) is 6.54 Å². The number of furan rings is 1. The third kappa shape index (κ3) is 5.69. The summed E-state index contributed by atoms with van der Waals surface area (Å²) in [5, 5.41) is 17.1. The molecule has 0 saturated carbocycles. The first kappa shape index (κ1) is 18.5. The first-order valence-corrected chi connectivity index (χ1v) is 7.71. The third-order valence-corrected chi connectivity index (χ3v) is 3.33. The standard InChI is InChI=1S/C16H29N3O3/c1-6-17-15(18-8-7-9-21-5)19-11-16(4,20)14-10-12(2)22-13(14)3/h10,20H,6-9,11H2,1-5H3,(H2,17,18,19). The lowest BCUT2D eigenvalue weighted by atomic mass is 9.96. The second-order valence-electron chi connectivity index (χ2n) is 5.57. The zero-order chi connectivity index (χ0) is 16.6. The molecule has 0 bridgehead atoms. The summed E-state index contributed by atoms with van der Waals surface area (Å²) < 4.78 is 10.5. The van der Waals surface area contributed by atoms with Gasteiger partial charge in [0.2, 0.25) is 0 Å². The molecule has 0 radical (unpaired) electrons. The van der Waals surface area contributed by atoms with Crippen LogP contribution in [0.5, 0.6) is 0 Å². The fourth-order valence-corrected chi connectivity index (χ4v) is 2.25. The van der Waals surface area contributed by atoms with E-state index < -0.39 is 5.60 Å². The van der Waals surface area contributed by atoms with Crippen LogP contribution in [0.25, 0.3) is 0 Å². The van der Waals surface area contributed by atoms with Gasteiger partial charge in [-0.1, -0.05) is 0 Å². The van der Waals surface area contributed by atoms with Crippen LogP contribution in [-0.4, -0.2) is 44.4 Å². The van der Waals surface area contributed by atoms with E-state index in [-0.39, 0.29) is 6.54 Å². The summed E-state index contributed by atoms with van der Waals surface area (Å²) in [6.07, 6.45) is 0.900. The Morgan fingerprint density at radius 2 is 2.14 bits per heavy atom. The van der Waals surface area contributed by atoms with Gasteiger partial charge in [0.1, 0.15) is 17.1 Å². The summed E-state index contributed by atoms with van der Waals surface area (Å²) in [6, 6.07) is 1.86. The van der Waals surface area contributed by atoms with Gasteiger partial charge in [0.25, 0.3) is 0 Å². The summed E-state index contributed by atoms with van der Waals surface area (Å²) in [6.45, 7) is 9.99. The summed E-state index contributed by atoms with van der Waals surface area (Å²) in [7, 11) is 1.69. The van der Waals surface area contributed by atoms with E-state index in [0.717, 1.165) is 36.6 Å². The number of guanidine groups is 1. The van der Waals surface area contributed by atoms with Crippen molar-refractivity contribution >= 4 is 5.96 Å². The molecule has 1 atom stereocenters. The van der Waals surface area contributed by atoms with Crippen molar-refractivity contribution in [1.82, 2.24) is 10.6 Å². The van der Waals surface area contributed by atoms with Gasteiger partial charge in [-0.25, -0.2) is 4.99 Å². The van der Waals surface area contributed by atoms with Crippen molar-refractivity contribution in [1.29, 1.82) is 0 Å². The predicted molar refractivity (Wildman–Crippen MR) is 88.2 cm³/mol. The molecule has 0 spiro atoms. The van der Waals surface area contributed by atoms with Gasteiger partial charge < -0.3 is 24.9 Å². The molecule has 6 heteroatoms. The van der Waals surface area contributed by atoms with Gasteiger partial charge in [0.15, 0.2) is 5.96 Å². The van der Waals surface area contributed by atoms with E-state index in [1.54, 1.807) is 14.0 Å². The van der Waals surface area contributed by atoms with Crippen LogP contribution in [0.2, 0.25) is 0 Å². The summed E-state index contributed by atoms with van der Waals surface area (Å²) >= 11 is 0. The average molecular weight is 311 g/mol. The van der Waals surface area contributed by atoms with Gasteiger partial charge in [-0.3, -0.25) is 0 Å². The number of hydrogen-bond donors (Lipinski definition) is 3. The minimum absolute atomic E-state index is 0.256. The van der Waals surface area contributed by atoms with E-state index in [9.17, 15) is 5.11 Å². The lowest BCUT2D eigenvalue weighted by Gasteiger charge is -2.21. The molecule has 0 aliphatic rings. The first-order chi connectivity index (χ1) is 10.4. The molecule has 0 fully saturated rings. The van der Waals surface area contributed by atoms with Crippen LogP contribution in [0, 0.1) is 13.8 Å². The maximum Gasteiger partial charge on any atom is 0.191 e. The van der Waals surface area contributed by atoms with Crippen LogP contribution in [0.15, 0.2) is 15.5 Å². The maximum atomic E-state index is 10.7. The smallest absolute Gasteiger partial charge is 0.191 e. The van der Waals surface area contributed by atoms with Crippen LogP contribution in [-0.2, 0) is 10.3 Å². The molecule has 0 aromatic carbocycles. The van der Waals surface area contributed by atoms with Crippen molar-refractivity contribution in [2.24, 2.45) is 4.99 Å². The van der Waals surface area contributed by atoms with Crippen LogP contribution in [0.3, 0.4) is 0 Å². The Kier molecular flexibility index (Phi) is 7.41. The van der Waals surface area contributed by atoms with Gasteiger partial charge in [-0.05, 0) is 40.2 Å². The summed E-state index contributed by atoms with van der Waals surface area (Å²) in [5.41, 5.74) is -0.277. The Balaban J connectivity index is 2.68. The van der Waals surface area contributed by atoms with Crippen molar-refractivity contribution < 1.29 is 14.3 Å². The van der Waals surface area contributed by atoms with Crippen molar-refractivity contribution in [2.75, 3.05) is 33.4 Å². The van der Waals surface area contributed by atoms with Gasteiger partial charge >= 0.3 is 0 Å². The molecular weight excluding hydrogens is 282 g/mol. The number of aryl methyl sites for hydroxylation is 2. The first-order valence-electron chi connectivity index (χ1n) is 7.71. The third-order valence-electron chi connectivity index (χ3n) is 3.33. The lowest BCUT2D eigenvalue weighted by Crippen LogP contribution is -2.39.